The molecule has 1 atom stereocenters. The number of pyridine rings is 1. The summed E-state index contributed by atoms with van der Waals surface area (Å²) in [7, 11) is 1.80. The highest BCUT2D eigenvalue weighted by Crippen LogP contribution is 2.13. The van der Waals surface area contributed by atoms with E-state index in [9.17, 15) is 4.39 Å². The van der Waals surface area contributed by atoms with Crippen molar-refractivity contribution in [1.82, 2.24) is 19.9 Å². The maximum atomic E-state index is 13.1. The molecule has 2 aromatic heterocycles. The van der Waals surface area contributed by atoms with Gasteiger partial charge in [0.05, 0.1) is 18.9 Å². The molecule has 1 aliphatic rings. The van der Waals surface area contributed by atoms with Gasteiger partial charge in [-0.3, -0.25) is 4.90 Å². The van der Waals surface area contributed by atoms with Crippen LogP contribution in [0.5, 0.6) is 0 Å². The van der Waals surface area contributed by atoms with Crippen LogP contribution >= 0.6 is 0 Å². The smallest absolute Gasteiger partial charge is 0.230 e. The minimum Gasteiger partial charge on any atom is -0.374 e. The van der Waals surface area contributed by atoms with Gasteiger partial charge in [0, 0.05) is 32.9 Å². The zero-order valence-corrected chi connectivity index (χ0v) is 14.3. The molecule has 1 fully saturated rings. The molecule has 3 heterocycles. The van der Waals surface area contributed by atoms with Crippen molar-refractivity contribution in [2.45, 2.75) is 19.2 Å². The highest BCUT2D eigenvalue weighted by Gasteiger charge is 2.20. The molecule has 25 heavy (non-hydrogen) atoms. The zero-order valence-electron chi connectivity index (χ0n) is 14.3. The van der Waals surface area contributed by atoms with Crippen LogP contribution in [-0.2, 0) is 11.3 Å². The Balaban J connectivity index is 1.47. The van der Waals surface area contributed by atoms with Crippen molar-refractivity contribution < 1.29 is 9.13 Å². The molecule has 0 radical (unpaired) electrons. The minimum atomic E-state index is -0.687. The Bertz CT molecular complexity index is 686. The fraction of sp³-hybridized carbons (Fsp3) is 0.471. The lowest BCUT2D eigenvalue weighted by molar-refractivity contribution is 0.0955. The van der Waals surface area contributed by atoms with Crippen LogP contribution in [0, 0.1) is 0 Å². The van der Waals surface area contributed by atoms with Crippen LogP contribution in [0.3, 0.4) is 0 Å². The van der Waals surface area contributed by atoms with E-state index in [0.717, 1.165) is 24.6 Å². The number of halogens is 1. The molecule has 0 aliphatic carbocycles. The third kappa shape index (κ3) is 5.33. The summed E-state index contributed by atoms with van der Waals surface area (Å²) in [6, 6.07) is 7.45. The average Bonchev–Trinajstić information content (AvgIpc) is 3.04. The molecular weight excluding hydrogens is 323 g/mol. The normalized spacial score (nSPS) is 17.6. The van der Waals surface area contributed by atoms with Gasteiger partial charge in [0.25, 0.3) is 0 Å². The van der Waals surface area contributed by atoms with Crippen molar-refractivity contribution in [3.63, 3.8) is 0 Å². The first-order valence-corrected chi connectivity index (χ1v) is 8.41. The van der Waals surface area contributed by atoms with Crippen LogP contribution in [0.15, 0.2) is 30.5 Å². The standard InChI is InChI=1S/C17H23FN6O/c1-19-15-5-7-20-17(22-15)23-16-4-2-3-14(21-16)12-25-10-9-24-8-6-13(18)11-24/h2-5,7,13H,6,8-12H2,1H3,(H2,19,20,21,22,23)/t13-/m1/s1. The van der Waals surface area contributed by atoms with Gasteiger partial charge in [-0.2, -0.15) is 4.98 Å². The van der Waals surface area contributed by atoms with E-state index < -0.39 is 6.17 Å². The molecule has 1 aliphatic heterocycles. The van der Waals surface area contributed by atoms with Gasteiger partial charge >= 0.3 is 0 Å². The van der Waals surface area contributed by atoms with E-state index in [1.54, 1.807) is 19.3 Å². The number of aromatic nitrogens is 3. The maximum absolute atomic E-state index is 13.1. The number of hydrogen-bond donors (Lipinski definition) is 2. The van der Waals surface area contributed by atoms with E-state index in [-0.39, 0.29) is 0 Å². The second kappa shape index (κ2) is 8.68. The van der Waals surface area contributed by atoms with Gasteiger partial charge < -0.3 is 15.4 Å². The molecular formula is C17H23FN6O. The van der Waals surface area contributed by atoms with E-state index in [1.807, 2.05) is 18.2 Å². The lowest BCUT2D eigenvalue weighted by atomic mass is 10.3. The topological polar surface area (TPSA) is 75.2 Å². The fourth-order valence-corrected chi connectivity index (χ4v) is 2.66. The first kappa shape index (κ1) is 17.5. The molecule has 3 rings (SSSR count). The Morgan fingerprint density at radius 3 is 3.00 bits per heavy atom. The van der Waals surface area contributed by atoms with E-state index >= 15 is 0 Å². The SMILES string of the molecule is CNc1ccnc(Nc2cccc(COCCN3CC[C@@H](F)C3)n2)n1. The summed E-state index contributed by atoms with van der Waals surface area (Å²) in [4.78, 5) is 15.0. The van der Waals surface area contributed by atoms with Crippen molar-refractivity contribution in [2.24, 2.45) is 0 Å². The number of anilines is 3. The predicted octanol–water partition coefficient (Wildman–Crippen LogP) is 2.22. The first-order chi connectivity index (χ1) is 12.2. The quantitative estimate of drug-likeness (QED) is 0.710. The minimum absolute atomic E-state index is 0.416. The number of nitrogens with zero attached hydrogens (tertiary/aromatic N) is 4. The number of likely N-dealkylation sites (tertiary alicyclic amines) is 1. The summed E-state index contributed by atoms with van der Waals surface area (Å²) in [6.45, 7) is 3.07. The van der Waals surface area contributed by atoms with Crippen LogP contribution in [0.4, 0.5) is 22.0 Å². The van der Waals surface area contributed by atoms with Crippen LogP contribution in [0.1, 0.15) is 12.1 Å². The summed E-state index contributed by atoms with van der Waals surface area (Å²) in [5.41, 5.74) is 0.819. The number of rotatable bonds is 8. The van der Waals surface area contributed by atoms with Crippen molar-refractivity contribution in [3.05, 3.63) is 36.2 Å². The van der Waals surface area contributed by atoms with Crippen molar-refractivity contribution in [1.29, 1.82) is 0 Å². The maximum Gasteiger partial charge on any atom is 0.230 e. The van der Waals surface area contributed by atoms with E-state index in [1.165, 1.54) is 0 Å². The number of nitrogens with one attached hydrogen (secondary N) is 2. The first-order valence-electron chi connectivity index (χ1n) is 8.41. The fourth-order valence-electron chi connectivity index (χ4n) is 2.66. The zero-order chi connectivity index (χ0) is 17.5. The van der Waals surface area contributed by atoms with Crippen LogP contribution in [-0.4, -0.2) is 59.3 Å². The predicted molar refractivity (Wildman–Crippen MR) is 94.7 cm³/mol. The molecule has 1 saturated heterocycles. The lowest BCUT2D eigenvalue weighted by Crippen LogP contribution is -2.25. The molecule has 0 saturated carbocycles. The molecule has 8 heteroatoms. The number of alkyl halides is 1. The third-order valence-electron chi connectivity index (χ3n) is 3.98. The average molecular weight is 346 g/mol. The van der Waals surface area contributed by atoms with Gasteiger partial charge in [-0.1, -0.05) is 6.07 Å². The summed E-state index contributed by atoms with van der Waals surface area (Å²) in [5, 5.41) is 6.05. The molecule has 0 aromatic carbocycles. The highest BCUT2D eigenvalue weighted by molar-refractivity contribution is 5.50. The molecule has 7 nitrogen and oxygen atoms in total. The van der Waals surface area contributed by atoms with Gasteiger partial charge in [0.1, 0.15) is 17.8 Å². The van der Waals surface area contributed by atoms with Crippen LogP contribution in [0.25, 0.3) is 0 Å². The van der Waals surface area contributed by atoms with Crippen molar-refractivity contribution in [3.8, 4) is 0 Å². The van der Waals surface area contributed by atoms with Gasteiger partial charge in [0.2, 0.25) is 5.95 Å². The number of ether oxygens (including phenoxy) is 1. The Labute approximate surface area is 146 Å². The van der Waals surface area contributed by atoms with Crippen molar-refractivity contribution >= 4 is 17.6 Å². The summed E-state index contributed by atoms with van der Waals surface area (Å²) in [5.74, 6) is 1.87. The van der Waals surface area contributed by atoms with Gasteiger partial charge in [-0.25, -0.2) is 14.4 Å². The van der Waals surface area contributed by atoms with Crippen LogP contribution < -0.4 is 10.6 Å². The van der Waals surface area contributed by atoms with E-state index in [2.05, 4.69) is 30.5 Å². The van der Waals surface area contributed by atoms with Crippen molar-refractivity contribution in [2.75, 3.05) is 43.9 Å². The summed E-state index contributed by atoms with van der Waals surface area (Å²) < 4.78 is 18.8. The van der Waals surface area contributed by atoms with E-state index in [0.29, 0.717) is 37.9 Å². The second-order valence-corrected chi connectivity index (χ2v) is 5.89. The Hall–Kier alpha value is -2.32. The molecule has 0 unspecified atom stereocenters. The Kier molecular flexibility index (Phi) is 6.08. The Morgan fingerprint density at radius 2 is 2.20 bits per heavy atom. The molecule has 0 amide bonds. The van der Waals surface area contributed by atoms with Crippen LogP contribution in [0.2, 0.25) is 0 Å². The number of hydrogen-bond acceptors (Lipinski definition) is 7. The second-order valence-electron chi connectivity index (χ2n) is 5.89. The molecule has 0 spiro atoms. The molecule has 2 aromatic rings. The third-order valence-corrected chi connectivity index (χ3v) is 3.98. The summed E-state index contributed by atoms with van der Waals surface area (Å²) >= 11 is 0. The van der Waals surface area contributed by atoms with Gasteiger partial charge in [0.15, 0.2) is 0 Å². The van der Waals surface area contributed by atoms with E-state index in [4.69, 9.17) is 4.74 Å². The monoisotopic (exact) mass is 346 g/mol. The van der Waals surface area contributed by atoms with Gasteiger partial charge in [-0.15, -0.1) is 0 Å². The molecule has 2 N–H and O–H groups in total. The van der Waals surface area contributed by atoms with Gasteiger partial charge in [-0.05, 0) is 24.6 Å². The molecule has 0 bridgehead atoms. The summed E-state index contributed by atoms with van der Waals surface area (Å²) in [6.07, 6.45) is 1.62. The largest absolute Gasteiger partial charge is 0.374 e. The lowest BCUT2D eigenvalue weighted by Gasteiger charge is -2.14. The Morgan fingerprint density at radius 1 is 1.28 bits per heavy atom. The highest BCUT2D eigenvalue weighted by atomic mass is 19.1. The molecule has 134 valence electrons.